The zero-order valence-electron chi connectivity index (χ0n) is 35.2. The van der Waals surface area contributed by atoms with Gasteiger partial charge in [-0.2, -0.15) is 0 Å². The summed E-state index contributed by atoms with van der Waals surface area (Å²) in [6.07, 6.45) is 44.2. The number of carbonyl (C=O) groups is 2. The van der Waals surface area contributed by atoms with Gasteiger partial charge in [0.05, 0.1) is 19.3 Å². The lowest BCUT2D eigenvalue weighted by Gasteiger charge is -2.20. The van der Waals surface area contributed by atoms with Gasteiger partial charge in [-0.25, -0.2) is 4.57 Å². The first-order chi connectivity index (χ1) is 27.2. The Kier molecular flexibility index (Phi) is 39.2. The van der Waals surface area contributed by atoms with E-state index >= 15 is 0 Å². The second-order valence-corrected chi connectivity index (χ2v) is 15.9. The molecule has 0 spiro atoms. The van der Waals surface area contributed by atoms with Crippen molar-refractivity contribution in [3.05, 3.63) is 60.8 Å². The molecule has 4 N–H and O–H groups in total. The Hall–Kier alpha value is -2.33. The van der Waals surface area contributed by atoms with Gasteiger partial charge in [-0.15, -0.1) is 0 Å². The van der Waals surface area contributed by atoms with Crippen LogP contribution in [0, 0.1) is 0 Å². The molecule has 324 valence electrons. The third-order valence-electron chi connectivity index (χ3n) is 8.98. The van der Waals surface area contributed by atoms with Gasteiger partial charge in [-0.05, 0) is 70.6 Å². The highest BCUT2D eigenvalue weighted by atomic mass is 31.2. The topological polar surface area (TPSA) is 155 Å². The quantitative estimate of drug-likeness (QED) is 0.0179. The van der Waals surface area contributed by atoms with Crippen molar-refractivity contribution in [1.29, 1.82) is 0 Å². The fraction of sp³-hybridized carbons (Fsp3) is 0.733. The number of aliphatic hydroxyl groups is 1. The molecule has 0 aliphatic heterocycles. The predicted octanol–water partition coefficient (Wildman–Crippen LogP) is 11.5. The lowest BCUT2D eigenvalue weighted by molar-refractivity contribution is -0.161. The summed E-state index contributed by atoms with van der Waals surface area (Å²) in [6, 6.07) is 0. The normalized spacial score (nSPS) is 14.4. The largest absolute Gasteiger partial charge is 0.472 e. The van der Waals surface area contributed by atoms with Crippen LogP contribution in [0.4, 0.5) is 0 Å². The molecule has 2 unspecified atom stereocenters. The zero-order valence-corrected chi connectivity index (χ0v) is 36.1. The summed E-state index contributed by atoms with van der Waals surface area (Å²) in [5, 5.41) is 10.2. The highest BCUT2D eigenvalue weighted by Gasteiger charge is 2.26. The van der Waals surface area contributed by atoms with Crippen molar-refractivity contribution in [3.63, 3.8) is 0 Å². The van der Waals surface area contributed by atoms with Crippen molar-refractivity contribution in [2.45, 2.75) is 187 Å². The van der Waals surface area contributed by atoms with Crippen molar-refractivity contribution in [2.75, 3.05) is 26.4 Å². The molecule has 0 rings (SSSR count). The molecule has 0 amide bonds. The van der Waals surface area contributed by atoms with Crippen molar-refractivity contribution in [3.8, 4) is 0 Å². The number of unbranched alkanes of at least 4 members (excludes halogenated alkanes) is 16. The van der Waals surface area contributed by atoms with Crippen molar-refractivity contribution in [2.24, 2.45) is 5.73 Å². The third kappa shape index (κ3) is 39.9. The van der Waals surface area contributed by atoms with Crippen LogP contribution in [0.3, 0.4) is 0 Å². The van der Waals surface area contributed by atoms with Gasteiger partial charge in [0.2, 0.25) is 0 Å². The number of carbonyl (C=O) groups excluding carboxylic acids is 2. The minimum absolute atomic E-state index is 0.0246. The first-order valence-corrected chi connectivity index (χ1v) is 23.4. The fourth-order valence-electron chi connectivity index (χ4n) is 5.67. The van der Waals surface area contributed by atoms with Gasteiger partial charge in [0, 0.05) is 19.4 Å². The molecule has 0 aromatic rings. The van der Waals surface area contributed by atoms with E-state index < -0.39 is 38.6 Å². The Balaban J connectivity index is 4.35. The molecule has 0 saturated heterocycles. The summed E-state index contributed by atoms with van der Waals surface area (Å²) in [7, 11) is -4.43. The van der Waals surface area contributed by atoms with E-state index in [1.807, 2.05) is 12.2 Å². The van der Waals surface area contributed by atoms with Crippen LogP contribution in [0.15, 0.2) is 60.8 Å². The fourth-order valence-corrected chi connectivity index (χ4v) is 6.44. The number of nitrogens with two attached hydrogens (primary N) is 1. The highest BCUT2D eigenvalue weighted by Crippen LogP contribution is 2.43. The summed E-state index contributed by atoms with van der Waals surface area (Å²) in [5.41, 5.74) is 5.34. The average Bonchev–Trinajstić information content (AvgIpc) is 3.18. The van der Waals surface area contributed by atoms with E-state index in [4.69, 9.17) is 24.3 Å². The lowest BCUT2D eigenvalue weighted by atomic mass is 10.1. The number of phosphoric ester groups is 1. The molecule has 0 aliphatic carbocycles. The van der Waals surface area contributed by atoms with Crippen LogP contribution < -0.4 is 5.73 Å². The summed E-state index contributed by atoms with van der Waals surface area (Å²) >= 11 is 0. The van der Waals surface area contributed by atoms with Crippen LogP contribution >= 0.6 is 7.82 Å². The number of esters is 2. The molecular formula is C45H80NO9P. The van der Waals surface area contributed by atoms with Crippen molar-refractivity contribution < 1.29 is 42.7 Å². The average molecular weight is 810 g/mol. The number of rotatable bonds is 40. The van der Waals surface area contributed by atoms with Gasteiger partial charge in [-0.3, -0.25) is 18.6 Å². The van der Waals surface area contributed by atoms with E-state index in [1.165, 1.54) is 83.5 Å². The van der Waals surface area contributed by atoms with E-state index in [0.29, 0.717) is 19.3 Å². The first kappa shape index (κ1) is 53.7. The van der Waals surface area contributed by atoms with Gasteiger partial charge in [-0.1, -0.05) is 152 Å². The van der Waals surface area contributed by atoms with Gasteiger partial charge in [0.25, 0.3) is 0 Å². The summed E-state index contributed by atoms with van der Waals surface area (Å²) in [6.45, 7) is 3.46. The Labute approximate surface area is 341 Å². The Bertz CT molecular complexity index is 1120. The number of allylic oxidation sites excluding steroid dienone is 9. The van der Waals surface area contributed by atoms with Crippen LogP contribution in [0.2, 0.25) is 0 Å². The number of hydrogen-bond acceptors (Lipinski definition) is 9. The standard InChI is InChI=1S/C45H80NO9P/c1-3-5-7-9-11-13-15-17-18-19-20-22-24-26-28-30-32-36-45(49)55-43(41-54-56(50,51)53-39-38-46)40-52-44(48)37-33-35-42(47)34-31-29-27-25-23-21-16-14-12-10-8-6-4-2/h11,13,17-18,21,23,27,29,31,34,42-43,47H,3-10,12,14-16,19-20,22,24-26,28,30,32-33,35-41,46H2,1-2H3,(H,50,51)/b13-11-,18-17-,23-21+,29-27+,34-31+/t42?,43-/m1/s1. The van der Waals surface area contributed by atoms with Gasteiger partial charge in [0.15, 0.2) is 6.10 Å². The summed E-state index contributed by atoms with van der Waals surface area (Å²) < 4.78 is 32.6. The maximum atomic E-state index is 12.6. The molecule has 0 aliphatic rings. The molecule has 0 heterocycles. The molecule has 0 saturated carbocycles. The molecule has 56 heavy (non-hydrogen) atoms. The molecule has 3 atom stereocenters. The Morgan fingerprint density at radius 3 is 1.75 bits per heavy atom. The highest BCUT2D eigenvalue weighted by molar-refractivity contribution is 7.47. The minimum atomic E-state index is -4.43. The Morgan fingerprint density at radius 2 is 1.14 bits per heavy atom. The molecule has 0 aromatic carbocycles. The monoisotopic (exact) mass is 810 g/mol. The second kappa shape index (κ2) is 40.9. The zero-order chi connectivity index (χ0) is 41.2. The van der Waals surface area contributed by atoms with E-state index in [1.54, 1.807) is 12.2 Å². The Morgan fingerprint density at radius 1 is 0.625 bits per heavy atom. The van der Waals surface area contributed by atoms with Crippen LogP contribution in [0.5, 0.6) is 0 Å². The van der Waals surface area contributed by atoms with Crippen molar-refractivity contribution in [1.82, 2.24) is 0 Å². The van der Waals surface area contributed by atoms with E-state index in [0.717, 1.165) is 44.9 Å². The SMILES string of the molecule is CCCCC/C=C\C/C=C\CCCCCCCCCC(=O)O[C@H](COC(=O)CCCC(O)/C=C/C=C/C/C=C/CCCCCCCC)COP(=O)(O)OCCN. The van der Waals surface area contributed by atoms with Crippen LogP contribution in [-0.2, 0) is 32.7 Å². The minimum Gasteiger partial charge on any atom is -0.462 e. The molecule has 11 heteroatoms. The second-order valence-electron chi connectivity index (χ2n) is 14.4. The van der Waals surface area contributed by atoms with Gasteiger partial charge >= 0.3 is 19.8 Å². The maximum Gasteiger partial charge on any atom is 0.472 e. The number of phosphoric acid groups is 1. The van der Waals surface area contributed by atoms with Gasteiger partial charge in [0.1, 0.15) is 6.61 Å². The number of ether oxygens (including phenoxy) is 2. The van der Waals surface area contributed by atoms with Crippen LogP contribution in [-0.4, -0.2) is 60.5 Å². The lowest BCUT2D eigenvalue weighted by Crippen LogP contribution is -2.29. The smallest absolute Gasteiger partial charge is 0.462 e. The maximum absolute atomic E-state index is 12.6. The van der Waals surface area contributed by atoms with Crippen LogP contribution in [0.1, 0.15) is 174 Å². The number of aliphatic hydroxyl groups excluding tert-OH is 1. The molecule has 0 aromatic heterocycles. The van der Waals surface area contributed by atoms with E-state index in [9.17, 15) is 24.2 Å². The van der Waals surface area contributed by atoms with Gasteiger partial charge < -0.3 is 25.2 Å². The van der Waals surface area contributed by atoms with E-state index in [2.05, 4.69) is 50.3 Å². The van der Waals surface area contributed by atoms with Crippen LogP contribution in [0.25, 0.3) is 0 Å². The first-order valence-electron chi connectivity index (χ1n) is 21.9. The van der Waals surface area contributed by atoms with Crippen molar-refractivity contribution >= 4 is 19.8 Å². The summed E-state index contributed by atoms with van der Waals surface area (Å²) in [5.74, 6) is -1.04. The number of hydrogen-bond donors (Lipinski definition) is 3. The summed E-state index contributed by atoms with van der Waals surface area (Å²) in [4.78, 5) is 34.9. The third-order valence-corrected chi connectivity index (χ3v) is 9.96. The molecule has 10 nitrogen and oxygen atoms in total. The van der Waals surface area contributed by atoms with E-state index in [-0.39, 0.29) is 32.6 Å². The molecular weight excluding hydrogens is 729 g/mol. The molecule has 0 fully saturated rings. The molecule has 0 bridgehead atoms. The molecule has 0 radical (unpaired) electrons. The predicted molar refractivity (Wildman–Crippen MR) is 230 cm³/mol.